The van der Waals surface area contributed by atoms with Gasteiger partial charge in [-0.3, -0.25) is 14.4 Å². The zero-order valence-electron chi connectivity index (χ0n) is 15.1. The number of carbonyl (C=O) groups excluding carboxylic acids is 3. The molecule has 140 valence electrons. The second-order valence-corrected chi connectivity index (χ2v) is 7.63. The number of hydrogen-bond acceptors (Lipinski definition) is 5. The van der Waals surface area contributed by atoms with Gasteiger partial charge >= 0.3 is 5.97 Å². The van der Waals surface area contributed by atoms with Crippen molar-refractivity contribution in [2.75, 3.05) is 17.2 Å². The van der Waals surface area contributed by atoms with E-state index in [2.05, 4.69) is 10.6 Å². The number of para-hydroxylation sites is 1. The molecule has 1 aliphatic heterocycles. The molecule has 2 aromatic rings. The van der Waals surface area contributed by atoms with Gasteiger partial charge in [0.1, 0.15) is 0 Å². The summed E-state index contributed by atoms with van der Waals surface area (Å²) in [6, 6.07) is 13.1. The molecule has 6 nitrogen and oxygen atoms in total. The van der Waals surface area contributed by atoms with Crippen molar-refractivity contribution in [1.29, 1.82) is 0 Å². The number of rotatable bonds is 5. The summed E-state index contributed by atoms with van der Waals surface area (Å²) in [7, 11) is 0. The zero-order valence-corrected chi connectivity index (χ0v) is 15.9. The molecule has 0 saturated heterocycles. The molecular weight excluding hydrogens is 364 g/mol. The molecule has 1 heterocycles. The molecule has 7 heteroatoms. The highest BCUT2D eigenvalue weighted by Gasteiger charge is 2.29. The van der Waals surface area contributed by atoms with Gasteiger partial charge in [0.05, 0.1) is 17.4 Å². The topological polar surface area (TPSA) is 84.5 Å². The van der Waals surface area contributed by atoms with Gasteiger partial charge in [-0.1, -0.05) is 18.2 Å². The Morgan fingerprint density at radius 3 is 2.59 bits per heavy atom. The molecule has 0 unspecified atom stereocenters. The van der Waals surface area contributed by atoms with E-state index in [4.69, 9.17) is 4.74 Å². The Labute approximate surface area is 161 Å². The van der Waals surface area contributed by atoms with Crippen molar-refractivity contribution in [3.8, 4) is 0 Å². The Kier molecular flexibility index (Phi) is 5.81. The number of fused-ring (bicyclic) bond motifs is 1. The number of ether oxygens (including phenoxy) is 1. The van der Waals surface area contributed by atoms with Gasteiger partial charge in [0, 0.05) is 10.6 Å². The van der Waals surface area contributed by atoms with Crippen LogP contribution in [-0.4, -0.2) is 29.6 Å². The molecule has 0 fully saturated rings. The summed E-state index contributed by atoms with van der Waals surface area (Å²) < 4.78 is 5.03. The first-order valence-electron chi connectivity index (χ1n) is 8.51. The second-order valence-electron chi connectivity index (χ2n) is 6.38. The Morgan fingerprint density at radius 1 is 1.15 bits per heavy atom. The third-order valence-electron chi connectivity index (χ3n) is 3.93. The number of benzene rings is 2. The van der Waals surface area contributed by atoms with Crippen molar-refractivity contribution in [1.82, 2.24) is 0 Å². The lowest BCUT2D eigenvalue weighted by Gasteiger charge is -2.23. The van der Waals surface area contributed by atoms with Gasteiger partial charge in [0.25, 0.3) is 5.91 Å². The van der Waals surface area contributed by atoms with Gasteiger partial charge in [-0.05, 0) is 49.2 Å². The molecule has 0 aromatic heterocycles. The largest absolute Gasteiger partial charge is 0.456 e. The molecule has 2 aromatic carbocycles. The van der Waals surface area contributed by atoms with Crippen LogP contribution in [-0.2, 0) is 19.1 Å². The Balaban J connectivity index is 1.49. The van der Waals surface area contributed by atoms with Crippen molar-refractivity contribution in [2.45, 2.75) is 30.4 Å². The monoisotopic (exact) mass is 384 g/mol. The van der Waals surface area contributed by atoms with E-state index in [1.54, 1.807) is 0 Å². The van der Waals surface area contributed by atoms with Crippen LogP contribution < -0.4 is 10.6 Å². The highest BCUT2D eigenvalue weighted by atomic mass is 32.2. The quantitative estimate of drug-likeness (QED) is 0.773. The van der Waals surface area contributed by atoms with Crippen LogP contribution in [0.25, 0.3) is 0 Å². The number of carbonyl (C=O) groups is 3. The van der Waals surface area contributed by atoms with E-state index in [0.717, 1.165) is 21.7 Å². The number of thioether (sulfide) groups is 1. The molecule has 2 amide bonds. The smallest absolute Gasteiger partial charge is 0.307 e. The fourth-order valence-corrected chi connectivity index (χ4v) is 3.92. The first kappa shape index (κ1) is 19.0. The molecule has 1 atom stereocenters. The van der Waals surface area contributed by atoms with E-state index in [1.807, 2.05) is 56.3 Å². The number of anilines is 2. The van der Waals surface area contributed by atoms with E-state index in [9.17, 15) is 14.4 Å². The van der Waals surface area contributed by atoms with E-state index < -0.39 is 17.1 Å². The van der Waals surface area contributed by atoms with Gasteiger partial charge in [-0.25, -0.2) is 0 Å². The maximum absolute atomic E-state index is 12.1. The van der Waals surface area contributed by atoms with E-state index >= 15 is 0 Å². The third kappa shape index (κ3) is 5.10. The minimum atomic E-state index is -0.586. The Bertz CT molecular complexity index is 877. The number of hydrogen-bond donors (Lipinski definition) is 2. The molecule has 0 spiro atoms. The molecule has 0 bridgehead atoms. The highest BCUT2D eigenvalue weighted by molar-refractivity contribution is 8.01. The van der Waals surface area contributed by atoms with Crippen LogP contribution in [0.5, 0.6) is 0 Å². The molecule has 2 N–H and O–H groups in total. The lowest BCUT2D eigenvalue weighted by atomic mass is 10.1. The van der Waals surface area contributed by atoms with Crippen molar-refractivity contribution >= 4 is 40.9 Å². The van der Waals surface area contributed by atoms with Gasteiger partial charge < -0.3 is 15.4 Å². The number of aryl methyl sites for hydroxylation is 2. The summed E-state index contributed by atoms with van der Waals surface area (Å²) in [4.78, 5) is 37.0. The van der Waals surface area contributed by atoms with E-state index in [-0.39, 0.29) is 18.9 Å². The first-order chi connectivity index (χ1) is 12.9. The van der Waals surface area contributed by atoms with Crippen LogP contribution in [0.4, 0.5) is 11.4 Å². The van der Waals surface area contributed by atoms with Gasteiger partial charge in [0.15, 0.2) is 6.61 Å². The molecule has 0 radical (unpaired) electrons. The van der Waals surface area contributed by atoms with Crippen LogP contribution in [0.3, 0.4) is 0 Å². The molecular formula is C20H20N2O4S. The number of esters is 1. The summed E-state index contributed by atoms with van der Waals surface area (Å²) >= 11 is 1.32. The van der Waals surface area contributed by atoms with Crippen LogP contribution >= 0.6 is 11.8 Å². The van der Waals surface area contributed by atoms with Crippen LogP contribution in [0.2, 0.25) is 0 Å². The summed E-state index contributed by atoms with van der Waals surface area (Å²) in [6.07, 6.45) is -0.0956. The summed E-state index contributed by atoms with van der Waals surface area (Å²) in [6.45, 7) is 3.49. The van der Waals surface area contributed by atoms with E-state index in [0.29, 0.717) is 5.69 Å². The van der Waals surface area contributed by atoms with Gasteiger partial charge in [-0.15, -0.1) is 11.8 Å². The minimum absolute atomic E-state index is 0.0956. The number of amides is 2. The lowest BCUT2D eigenvalue weighted by molar-refractivity contribution is -0.147. The fourth-order valence-electron chi connectivity index (χ4n) is 2.83. The fraction of sp³-hybridized carbons (Fsp3) is 0.250. The normalized spacial score (nSPS) is 15.5. The summed E-state index contributed by atoms with van der Waals surface area (Å²) in [5, 5.41) is 4.91. The number of nitrogens with one attached hydrogen (secondary N) is 2. The standard InChI is InChI=1S/C20H20N2O4S/c1-12-7-13(2)9-14(8-12)21-18(23)11-26-19(24)10-17-20(25)22-15-5-3-4-6-16(15)27-17/h3-9,17H,10-11H2,1-2H3,(H,21,23)(H,22,25)/t17-/m1/s1. The molecule has 3 rings (SSSR count). The van der Waals surface area contributed by atoms with Gasteiger partial charge in [-0.2, -0.15) is 0 Å². The average Bonchev–Trinajstić information content (AvgIpc) is 2.60. The maximum Gasteiger partial charge on any atom is 0.307 e. The predicted octanol–water partition coefficient (Wildman–Crippen LogP) is 3.29. The van der Waals surface area contributed by atoms with Crippen molar-refractivity contribution < 1.29 is 19.1 Å². The van der Waals surface area contributed by atoms with Crippen molar-refractivity contribution in [3.05, 3.63) is 53.6 Å². The minimum Gasteiger partial charge on any atom is -0.456 e. The highest BCUT2D eigenvalue weighted by Crippen LogP contribution is 2.36. The second kappa shape index (κ2) is 8.26. The SMILES string of the molecule is Cc1cc(C)cc(NC(=O)COC(=O)C[C@H]2Sc3ccccc3NC2=O)c1. The van der Waals surface area contributed by atoms with Crippen LogP contribution in [0, 0.1) is 13.8 Å². The Morgan fingerprint density at radius 2 is 1.85 bits per heavy atom. The van der Waals surface area contributed by atoms with E-state index in [1.165, 1.54) is 11.8 Å². The maximum atomic E-state index is 12.1. The van der Waals surface area contributed by atoms with Crippen LogP contribution in [0.1, 0.15) is 17.5 Å². The average molecular weight is 384 g/mol. The lowest BCUT2D eigenvalue weighted by Crippen LogP contribution is -2.32. The summed E-state index contributed by atoms with van der Waals surface area (Å²) in [5.41, 5.74) is 3.46. The van der Waals surface area contributed by atoms with Crippen molar-refractivity contribution in [2.24, 2.45) is 0 Å². The third-order valence-corrected chi connectivity index (χ3v) is 5.20. The summed E-state index contributed by atoms with van der Waals surface area (Å²) in [5.74, 6) is -1.24. The van der Waals surface area contributed by atoms with Crippen molar-refractivity contribution in [3.63, 3.8) is 0 Å². The molecule has 1 aliphatic rings. The Hall–Kier alpha value is -2.80. The molecule has 27 heavy (non-hydrogen) atoms. The zero-order chi connectivity index (χ0) is 19.4. The predicted molar refractivity (Wildman–Crippen MR) is 105 cm³/mol. The van der Waals surface area contributed by atoms with Crippen LogP contribution in [0.15, 0.2) is 47.4 Å². The first-order valence-corrected chi connectivity index (χ1v) is 9.39. The van der Waals surface area contributed by atoms with Gasteiger partial charge in [0.2, 0.25) is 5.91 Å². The molecule has 0 aliphatic carbocycles. The molecule has 0 saturated carbocycles.